The molecule has 0 saturated heterocycles. The van der Waals surface area contributed by atoms with Crippen molar-refractivity contribution >= 4 is 34.0 Å². The van der Waals surface area contributed by atoms with Gasteiger partial charge in [0.25, 0.3) is 5.69 Å². The van der Waals surface area contributed by atoms with Gasteiger partial charge in [0.1, 0.15) is 0 Å². The molecule has 82 valence electrons. The van der Waals surface area contributed by atoms with E-state index in [4.69, 9.17) is 0 Å². The molecule has 0 amide bonds. The summed E-state index contributed by atoms with van der Waals surface area (Å²) in [7, 11) is 1.88. The molecule has 0 atom stereocenters. The quantitative estimate of drug-likeness (QED) is 0.376. The Morgan fingerprint density at radius 2 is 2.20 bits per heavy atom. The van der Waals surface area contributed by atoms with Crippen LogP contribution in [0.3, 0.4) is 0 Å². The number of benzene rings is 1. The summed E-state index contributed by atoms with van der Waals surface area (Å²) in [5, 5.41) is 16.7. The molecule has 0 radical (unpaired) electrons. The maximum atomic E-state index is 10.6. The average Bonchev–Trinajstić information content (AvgIpc) is 2.17. The highest BCUT2D eigenvalue weighted by Gasteiger charge is 2.10. The highest BCUT2D eigenvalue weighted by Crippen LogP contribution is 2.23. The van der Waals surface area contributed by atoms with Crippen molar-refractivity contribution in [3.05, 3.63) is 31.9 Å². The maximum absolute atomic E-state index is 10.6. The van der Waals surface area contributed by atoms with Gasteiger partial charge in [0.15, 0.2) is 0 Å². The molecule has 0 saturated carbocycles. The van der Waals surface area contributed by atoms with Gasteiger partial charge < -0.3 is 10.6 Å². The van der Waals surface area contributed by atoms with Crippen molar-refractivity contribution in [2.24, 2.45) is 0 Å². The number of rotatable bonds is 5. The fourth-order valence-electron chi connectivity index (χ4n) is 1.10. The molecular formula is C9H12IN3O2. The van der Waals surface area contributed by atoms with E-state index in [0.717, 1.165) is 18.8 Å². The third kappa shape index (κ3) is 3.63. The number of anilines is 1. The van der Waals surface area contributed by atoms with Crippen LogP contribution in [0.5, 0.6) is 0 Å². The van der Waals surface area contributed by atoms with Gasteiger partial charge in [-0.15, -0.1) is 0 Å². The summed E-state index contributed by atoms with van der Waals surface area (Å²) >= 11 is 1.96. The first kappa shape index (κ1) is 12.2. The fourth-order valence-corrected chi connectivity index (χ4v) is 1.81. The van der Waals surface area contributed by atoms with Gasteiger partial charge in [-0.1, -0.05) is 0 Å². The molecule has 0 spiro atoms. The zero-order valence-electron chi connectivity index (χ0n) is 8.29. The van der Waals surface area contributed by atoms with Gasteiger partial charge in [0.05, 0.1) is 8.49 Å². The van der Waals surface area contributed by atoms with E-state index >= 15 is 0 Å². The number of hydrogen-bond donors (Lipinski definition) is 2. The number of likely N-dealkylation sites (N-methyl/N-ethyl adjacent to an activating group) is 1. The Kier molecular flexibility index (Phi) is 4.76. The van der Waals surface area contributed by atoms with Crippen LogP contribution in [-0.2, 0) is 0 Å². The molecule has 0 unspecified atom stereocenters. The average molecular weight is 321 g/mol. The van der Waals surface area contributed by atoms with Crippen molar-refractivity contribution in [3.63, 3.8) is 0 Å². The molecule has 0 aliphatic rings. The van der Waals surface area contributed by atoms with E-state index in [0.29, 0.717) is 3.57 Å². The minimum Gasteiger partial charge on any atom is -0.384 e. The zero-order valence-corrected chi connectivity index (χ0v) is 10.4. The highest BCUT2D eigenvalue weighted by atomic mass is 127. The molecule has 6 heteroatoms. The Labute approximate surface area is 102 Å². The second-order valence-corrected chi connectivity index (χ2v) is 4.12. The number of hydrogen-bond acceptors (Lipinski definition) is 4. The molecule has 2 N–H and O–H groups in total. The molecule has 0 aliphatic carbocycles. The molecule has 0 aromatic heterocycles. The lowest BCUT2D eigenvalue weighted by Crippen LogP contribution is -2.17. The Morgan fingerprint density at radius 3 is 2.73 bits per heavy atom. The first-order valence-corrected chi connectivity index (χ1v) is 5.55. The molecular weight excluding hydrogens is 309 g/mol. The smallest absolute Gasteiger partial charge is 0.282 e. The van der Waals surface area contributed by atoms with E-state index in [-0.39, 0.29) is 10.6 Å². The minimum absolute atomic E-state index is 0.148. The predicted octanol–water partition coefficient (Wildman–Crippen LogP) is 1.83. The molecule has 15 heavy (non-hydrogen) atoms. The van der Waals surface area contributed by atoms with Crippen molar-refractivity contribution in [3.8, 4) is 0 Å². The van der Waals surface area contributed by atoms with Crippen molar-refractivity contribution in [2.45, 2.75) is 0 Å². The van der Waals surface area contributed by atoms with E-state index in [2.05, 4.69) is 10.6 Å². The highest BCUT2D eigenvalue weighted by molar-refractivity contribution is 14.1. The second-order valence-electron chi connectivity index (χ2n) is 2.95. The summed E-state index contributed by atoms with van der Waals surface area (Å²) < 4.78 is 0.645. The summed E-state index contributed by atoms with van der Waals surface area (Å²) in [5.74, 6) is 0. The molecule has 1 rings (SSSR count). The van der Waals surface area contributed by atoms with Crippen LogP contribution in [0, 0.1) is 13.7 Å². The lowest BCUT2D eigenvalue weighted by atomic mass is 10.3. The monoisotopic (exact) mass is 321 g/mol. The second kappa shape index (κ2) is 5.86. The van der Waals surface area contributed by atoms with Crippen LogP contribution in [0.2, 0.25) is 0 Å². The van der Waals surface area contributed by atoms with Crippen molar-refractivity contribution < 1.29 is 4.92 Å². The van der Waals surface area contributed by atoms with Crippen molar-refractivity contribution in [2.75, 3.05) is 25.5 Å². The Bertz CT molecular complexity index is 357. The zero-order chi connectivity index (χ0) is 11.3. The number of nitrogens with zero attached hydrogens (tertiary/aromatic N) is 1. The van der Waals surface area contributed by atoms with Crippen molar-refractivity contribution in [1.82, 2.24) is 5.32 Å². The van der Waals surface area contributed by atoms with Crippen LogP contribution in [-0.4, -0.2) is 25.1 Å². The number of nitro benzene ring substituents is 1. The van der Waals surface area contributed by atoms with Crippen LogP contribution < -0.4 is 10.6 Å². The lowest BCUT2D eigenvalue weighted by molar-refractivity contribution is -0.385. The number of nitro groups is 1. The van der Waals surface area contributed by atoms with Crippen LogP contribution in [0.15, 0.2) is 18.2 Å². The minimum atomic E-state index is -0.376. The molecule has 1 aromatic rings. The molecule has 1 aromatic carbocycles. The van der Waals surface area contributed by atoms with E-state index in [1.165, 1.54) is 6.07 Å². The molecule has 0 aliphatic heterocycles. The van der Waals surface area contributed by atoms with E-state index in [1.807, 2.05) is 29.6 Å². The standard InChI is InChI=1S/C9H12IN3O2/c1-11-4-5-12-7-2-3-9(13(14)15)8(10)6-7/h2-3,6,11-12H,4-5H2,1H3. The largest absolute Gasteiger partial charge is 0.384 e. The Hall–Kier alpha value is -0.890. The number of nitrogens with one attached hydrogen (secondary N) is 2. The predicted molar refractivity (Wildman–Crippen MR) is 68.2 cm³/mol. The fraction of sp³-hybridized carbons (Fsp3) is 0.333. The molecule has 0 bridgehead atoms. The van der Waals surface area contributed by atoms with E-state index in [9.17, 15) is 10.1 Å². The van der Waals surface area contributed by atoms with Gasteiger partial charge in [0.2, 0.25) is 0 Å². The van der Waals surface area contributed by atoms with Gasteiger partial charge in [0, 0.05) is 24.8 Å². The summed E-state index contributed by atoms with van der Waals surface area (Å²) in [6, 6.07) is 5.01. The normalized spacial score (nSPS) is 10.0. The Morgan fingerprint density at radius 1 is 1.47 bits per heavy atom. The van der Waals surface area contributed by atoms with Gasteiger partial charge in [-0.2, -0.15) is 0 Å². The summed E-state index contributed by atoms with van der Waals surface area (Å²) in [6.45, 7) is 1.65. The van der Waals surface area contributed by atoms with Gasteiger partial charge in [-0.05, 0) is 41.8 Å². The summed E-state index contributed by atoms with van der Waals surface area (Å²) in [5.41, 5.74) is 1.05. The maximum Gasteiger partial charge on any atom is 0.282 e. The van der Waals surface area contributed by atoms with E-state index in [1.54, 1.807) is 12.1 Å². The van der Waals surface area contributed by atoms with Crippen LogP contribution in [0.25, 0.3) is 0 Å². The third-order valence-corrected chi connectivity index (χ3v) is 2.71. The third-order valence-electron chi connectivity index (χ3n) is 1.85. The molecule has 0 fully saturated rings. The van der Waals surface area contributed by atoms with Gasteiger partial charge >= 0.3 is 0 Å². The van der Waals surface area contributed by atoms with Crippen LogP contribution >= 0.6 is 22.6 Å². The summed E-state index contributed by atoms with van der Waals surface area (Å²) in [4.78, 5) is 10.2. The molecule has 0 heterocycles. The SMILES string of the molecule is CNCCNc1ccc([N+](=O)[O-])c(I)c1. The first-order valence-electron chi connectivity index (χ1n) is 4.47. The van der Waals surface area contributed by atoms with Crippen LogP contribution in [0.4, 0.5) is 11.4 Å². The molecule has 5 nitrogen and oxygen atoms in total. The topological polar surface area (TPSA) is 67.2 Å². The van der Waals surface area contributed by atoms with Gasteiger partial charge in [-0.3, -0.25) is 10.1 Å². The van der Waals surface area contributed by atoms with Crippen molar-refractivity contribution in [1.29, 1.82) is 0 Å². The van der Waals surface area contributed by atoms with Crippen LogP contribution in [0.1, 0.15) is 0 Å². The number of halogens is 1. The first-order chi connectivity index (χ1) is 7.15. The lowest BCUT2D eigenvalue weighted by Gasteiger charge is -2.06. The van der Waals surface area contributed by atoms with Gasteiger partial charge in [-0.25, -0.2) is 0 Å². The van der Waals surface area contributed by atoms with E-state index < -0.39 is 0 Å². The summed E-state index contributed by atoms with van der Waals surface area (Å²) in [6.07, 6.45) is 0. The Balaban J connectivity index is 2.69.